The summed E-state index contributed by atoms with van der Waals surface area (Å²) in [5.74, 6) is -6.70. The van der Waals surface area contributed by atoms with Crippen LogP contribution in [0.3, 0.4) is 0 Å². The van der Waals surface area contributed by atoms with E-state index in [0.717, 1.165) is 0 Å². The highest BCUT2D eigenvalue weighted by Crippen LogP contribution is 2.59. The third kappa shape index (κ3) is 2.49. The van der Waals surface area contributed by atoms with Crippen molar-refractivity contribution in [2.75, 3.05) is 14.1 Å². The van der Waals surface area contributed by atoms with Crippen LogP contribution in [0.25, 0.3) is 5.76 Å². The van der Waals surface area contributed by atoms with Crippen molar-refractivity contribution in [3.63, 3.8) is 0 Å². The number of primary amides is 1. The van der Waals surface area contributed by atoms with Gasteiger partial charge in [0, 0.05) is 17.4 Å². The second kappa shape index (κ2) is 6.91. The molecule has 1 amide bonds. The van der Waals surface area contributed by atoms with Gasteiger partial charge in [-0.3, -0.25) is 19.3 Å². The molecule has 4 rings (SSSR count). The zero-order chi connectivity index (χ0) is 23.9. The van der Waals surface area contributed by atoms with E-state index in [4.69, 9.17) is 5.73 Å². The van der Waals surface area contributed by atoms with Gasteiger partial charge in [-0.15, -0.1) is 0 Å². The summed E-state index contributed by atoms with van der Waals surface area (Å²) in [7, 11) is 3.14. The molecule has 0 unspecified atom stereocenters. The summed E-state index contributed by atoms with van der Waals surface area (Å²) in [6.45, 7) is 3.10. The number of allylic oxidation sites excluding steroid dienone is 1. The lowest BCUT2D eigenvalue weighted by molar-refractivity contribution is -0.150. The summed E-state index contributed by atoms with van der Waals surface area (Å²) in [6, 6.07) is 3.56. The maximum Gasteiger partial charge on any atom is 0.255 e. The van der Waals surface area contributed by atoms with Gasteiger partial charge in [0.15, 0.2) is 11.6 Å². The number of ketones is 2. The molecule has 0 heterocycles. The van der Waals surface area contributed by atoms with Gasteiger partial charge in [-0.25, -0.2) is 0 Å². The van der Waals surface area contributed by atoms with Gasteiger partial charge in [0.25, 0.3) is 5.91 Å². The zero-order valence-corrected chi connectivity index (χ0v) is 18.2. The van der Waals surface area contributed by atoms with Crippen molar-refractivity contribution in [3.8, 4) is 5.75 Å². The molecule has 0 aliphatic heterocycles. The first-order valence-corrected chi connectivity index (χ1v) is 10.3. The zero-order valence-electron chi connectivity index (χ0n) is 18.2. The number of nitrogens with zero attached hydrogens (tertiary/aromatic N) is 1. The van der Waals surface area contributed by atoms with Crippen LogP contribution < -0.4 is 5.73 Å². The molecule has 0 bridgehead atoms. The molecule has 1 aromatic carbocycles. The molecule has 6 N–H and O–H groups in total. The highest BCUT2D eigenvalue weighted by Gasteiger charge is 2.66. The molecule has 3 aliphatic rings. The first kappa shape index (κ1) is 22.0. The number of phenols is 1. The lowest BCUT2D eigenvalue weighted by Crippen LogP contribution is -2.66. The van der Waals surface area contributed by atoms with Gasteiger partial charge in [-0.05, 0) is 38.6 Å². The standard InChI is InChI=1S/C23H26N2O7/c1-8-9-6-5-7-10(26)12(9)17(27)13-11(8)18(28)15-16(25(3)4)19(29)14(22(24)32)21(31)23(15,2)20(13)30/h5-8,11,15-16,18,26-28,31H,1-4H3,(H2,24,32)/t8-,11+,15+,16-,18-,23+/m0/s1. The number of likely N-dealkylation sites (N-methyl/N-ethyl adjacent to an activating group) is 1. The number of phenolic OH excluding ortho intramolecular Hbond substituents is 1. The number of rotatable bonds is 2. The molecule has 0 saturated heterocycles. The number of benzene rings is 1. The molecule has 0 spiro atoms. The van der Waals surface area contributed by atoms with E-state index in [2.05, 4.69) is 0 Å². The number of hydrogen-bond acceptors (Lipinski definition) is 8. The van der Waals surface area contributed by atoms with Crippen LogP contribution in [0.4, 0.5) is 0 Å². The maximum atomic E-state index is 13.9. The molecule has 1 fully saturated rings. The lowest BCUT2D eigenvalue weighted by Gasteiger charge is -2.55. The number of carbonyl (C=O) groups excluding carboxylic acids is 3. The van der Waals surface area contributed by atoms with E-state index in [-0.39, 0.29) is 16.9 Å². The summed E-state index contributed by atoms with van der Waals surface area (Å²) in [6.07, 6.45) is -1.34. The normalized spacial score (nSPS) is 34.4. The third-order valence-corrected chi connectivity index (χ3v) is 7.43. The minimum atomic E-state index is -1.89. The lowest BCUT2D eigenvalue weighted by atomic mass is 9.50. The van der Waals surface area contributed by atoms with Crippen molar-refractivity contribution in [1.82, 2.24) is 4.90 Å². The summed E-state index contributed by atoms with van der Waals surface area (Å²) >= 11 is 0. The van der Waals surface area contributed by atoms with E-state index in [1.54, 1.807) is 33.2 Å². The van der Waals surface area contributed by atoms with Crippen LogP contribution >= 0.6 is 0 Å². The van der Waals surface area contributed by atoms with Crippen molar-refractivity contribution in [2.24, 2.45) is 23.0 Å². The molecular weight excluding hydrogens is 416 g/mol. The monoisotopic (exact) mass is 442 g/mol. The second-order valence-electron chi connectivity index (χ2n) is 9.23. The average molecular weight is 442 g/mol. The molecular formula is C23H26N2O7. The Balaban J connectivity index is 2.07. The van der Waals surface area contributed by atoms with Crippen molar-refractivity contribution in [2.45, 2.75) is 31.9 Å². The SMILES string of the molecule is C[C@H]1c2cccc(O)c2C(O)=C2C(=O)[C@]3(C)C(O)=C(C(N)=O)C(=O)[C@@H](N(C)C)[C@@H]3[C@@H](O)[C@@H]21. The minimum absolute atomic E-state index is 0.0866. The Hall–Kier alpha value is -3.17. The van der Waals surface area contributed by atoms with Crippen molar-refractivity contribution >= 4 is 23.2 Å². The number of carbonyl (C=O) groups is 3. The van der Waals surface area contributed by atoms with Crippen LogP contribution in [-0.2, 0) is 14.4 Å². The Bertz CT molecular complexity index is 1140. The summed E-state index contributed by atoms with van der Waals surface area (Å²) < 4.78 is 0. The Kier molecular flexibility index (Phi) is 4.76. The number of Topliss-reactive ketones (excluding diaryl/α,β-unsaturated/α-hetero) is 2. The Morgan fingerprint density at radius 1 is 1.16 bits per heavy atom. The molecule has 9 nitrogen and oxygen atoms in total. The van der Waals surface area contributed by atoms with Gasteiger partial charge in [-0.1, -0.05) is 19.1 Å². The number of amides is 1. The van der Waals surface area contributed by atoms with Gasteiger partial charge in [-0.2, -0.15) is 0 Å². The first-order valence-electron chi connectivity index (χ1n) is 10.3. The highest BCUT2D eigenvalue weighted by molar-refractivity contribution is 6.24. The fourth-order valence-corrected chi connectivity index (χ4v) is 5.90. The molecule has 170 valence electrons. The van der Waals surface area contributed by atoms with Crippen molar-refractivity contribution in [3.05, 3.63) is 46.2 Å². The summed E-state index contributed by atoms with van der Waals surface area (Å²) in [5, 5.41) is 44.0. The number of hydrogen-bond donors (Lipinski definition) is 5. The van der Waals surface area contributed by atoms with Gasteiger partial charge in [0.1, 0.15) is 22.8 Å². The van der Waals surface area contributed by atoms with Crippen LogP contribution in [0.1, 0.15) is 30.9 Å². The third-order valence-electron chi connectivity index (χ3n) is 7.43. The van der Waals surface area contributed by atoms with Crippen LogP contribution in [0.2, 0.25) is 0 Å². The van der Waals surface area contributed by atoms with Crippen LogP contribution in [-0.4, -0.2) is 69.0 Å². The van der Waals surface area contributed by atoms with Crippen LogP contribution in [0.15, 0.2) is 35.1 Å². The number of aliphatic hydroxyl groups is 3. The predicted octanol–water partition coefficient (Wildman–Crippen LogP) is 0.771. The van der Waals surface area contributed by atoms with Gasteiger partial charge < -0.3 is 26.2 Å². The van der Waals surface area contributed by atoms with E-state index in [1.807, 2.05) is 0 Å². The number of nitrogens with two attached hydrogens (primary N) is 1. The summed E-state index contributed by atoms with van der Waals surface area (Å²) in [5.41, 5.74) is 3.27. The fourth-order valence-electron chi connectivity index (χ4n) is 5.90. The molecule has 6 atom stereocenters. The van der Waals surface area contributed by atoms with Crippen molar-refractivity contribution in [1.29, 1.82) is 0 Å². The number of aliphatic hydroxyl groups excluding tert-OH is 3. The molecule has 0 aromatic heterocycles. The van der Waals surface area contributed by atoms with Gasteiger partial charge >= 0.3 is 0 Å². The molecule has 3 aliphatic carbocycles. The second-order valence-corrected chi connectivity index (χ2v) is 9.23. The Morgan fingerprint density at radius 2 is 1.78 bits per heavy atom. The molecule has 1 aromatic rings. The topological polar surface area (TPSA) is 161 Å². The number of aromatic hydroxyl groups is 1. The van der Waals surface area contributed by atoms with E-state index >= 15 is 0 Å². The smallest absolute Gasteiger partial charge is 0.255 e. The molecule has 1 saturated carbocycles. The first-order chi connectivity index (χ1) is 14.9. The predicted molar refractivity (Wildman–Crippen MR) is 114 cm³/mol. The fraction of sp³-hybridized carbons (Fsp3) is 0.435. The minimum Gasteiger partial charge on any atom is -0.510 e. The molecule has 32 heavy (non-hydrogen) atoms. The largest absolute Gasteiger partial charge is 0.510 e. The summed E-state index contributed by atoms with van der Waals surface area (Å²) in [4.78, 5) is 40.6. The van der Waals surface area contributed by atoms with Gasteiger partial charge in [0.05, 0.1) is 23.1 Å². The van der Waals surface area contributed by atoms with E-state index in [0.29, 0.717) is 5.56 Å². The van der Waals surface area contributed by atoms with Crippen LogP contribution in [0, 0.1) is 17.3 Å². The van der Waals surface area contributed by atoms with Crippen molar-refractivity contribution < 1.29 is 34.8 Å². The Morgan fingerprint density at radius 3 is 2.34 bits per heavy atom. The highest BCUT2D eigenvalue weighted by atomic mass is 16.3. The average Bonchev–Trinajstić information content (AvgIpc) is 2.70. The van der Waals surface area contributed by atoms with E-state index < -0.39 is 69.9 Å². The quantitative estimate of drug-likeness (QED) is 0.420. The maximum absolute atomic E-state index is 13.9. The Labute approximate surface area is 184 Å². The van der Waals surface area contributed by atoms with Crippen LogP contribution in [0.5, 0.6) is 5.75 Å². The number of fused-ring (bicyclic) bond motifs is 3. The molecule has 9 heteroatoms. The molecule has 0 radical (unpaired) electrons. The van der Waals surface area contributed by atoms with E-state index in [9.17, 15) is 34.8 Å². The van der Waals surface area contributed by atoms with Gasteiger partial charge in [0.2, 0.25) is 0 Å². The van der Waals surface area contributed by atoms with E-state index in [1.165, 1.54) is 17.9 Å².